The smallest absolute Gasteiger partial charge is 0.256 e. The van der Waals surface area contributed by atoms with Gasteiger partial charge in [0.25, 0.3) is 5.91 Å². The van der Waals surface area contributed by atoms with E-state index in [1.54, 1.807) is 12.4 Å². The van der Waals surface area contributed by atoms with Gasteiger partial charge in [0.15, 0.2) is 0 Å². The molecule has 1 aromatic heterocycles. The van der Waals surface area contributed by atoms with E-state index in [2.05, 4.69) is 17.2 Å². The summed E-state index contributed by atoms with van der Waals surface area (Å²) in [6.07, 6.45) is 4.45. The first-order valence-corrected chi connectivity index (χ1v) is 7.01. The lowest BCUT2D eigenvalue weighted by molar-refractivity contribution is 0.102. The van der Waals surface area contributed by atoms with Crippen LogP contribution in [0.15, 0.2) is 60.9 Å². The Morgan fingerprint density at radius 2 is 1.90 bits per heavy atom. The van der Waals surface area contributed by atoms with Crippen LogP contribution in [0.1, 0.15) is 22.8 Å². The van der Waals surface area contributed by atoms with Gasteiger partial charge in [-0.05, 0) is 41.6 Å². The van der Waals surface area contributed by atoms with Gasteiger partial charge in [-0.25, -0.2) is 0 Å². The van der Waals surface area contributed by atoms with Crippen molar-refractivity contribution in [3.05, 3.63) is 72.1 Å². The van der Waals surface area contributed by atoms with Crippen LogP contribution in [-0.2, 0) is 6.42 Å². The number of aryl methyl sites for hydroxylation is 1. The topological polar surface area (TPSA) is 42.0 Å². The van der Waals surface area contributed by atoms with E-state index < -0.39 is 0 Å². The summed E-state index contributed by atoms with van der Waals surface area (Å²) in [5.74, 6) is -0.113. The van der Waals surface area contributed by atoms with Gasteiger partial charge in [0, 0.05) is 29.0 Å². The average molecular weight is 276 g/mol. The zero-order valence-corrected chi connectivity index (χ0v) is 11.8. The van der Waals surface area contributed by atoms with Crippen molar-refractivity contribution in [3.63, 3.8) is 0 Å². The second kappa shape index (κ2) is 5.75. The van der Waals surface area contributed by atoms with Crippen molar-refractivity contribution in [1.29, 1.82) is 0 Å². The largest absolute Gasteiger partial charge is 0.322 e. The van der Waals surface area contributed by atoms with Crippen LogP contribution in [0.25, 0.3) is 10.8 Å². The Bertz CT molecular complexity index is 773. The fourth-order valence-corrected chi connectivity index (χ4v) is 2.33. The molecule has 104 valence electrons. The summed E-state index contributed by atoms with van der Waals surface area (Å²) in [7, 11) is 0. The molecule has 3 aromatic rings. The van der Waals surface area contributed by atoms with Crippen molar-refractivity contribution in [2.24, 2.45) is 0 Å². The molecule has 3 nitrogen and oxygen atoms in total. The highest BCUT2D eigenvalue weighted by molar-refractivity contribution is 6.12. The normalized spacial score (nSPS) is 10.5. The molecule has 0 bridgehead atoms. The summed E-state index contributed by atoms with van der Waals surface area (Å²) in [4.78, 5) is 16.5. The molecule has 0 saturated carbocycles. The summed E-state index contributed by atoms with van der Waals surface area (Å²) < 4.78 is 0. The molecule has 0 spiro atoms. The summed E-state index contributed by atoms with van der Waals surface area (Å²) >= 11 is 0. The first kappa shape index (κ1) is 13.3. The fourth-order valence-electron chi connectivity index (χ4n) is 2.33. The summed E-state index contributed by atoms with van der Waals surface area (Å²) in [6.45, 7) is 2.11. The van der Waals surface area contributed by atoms with Crippen molar-refractivity contribution >= 4 is 22.4 Å². The van der Waals surface area contributed by atoms with Gasteiger partial charge in [0.05, 0.1) is 0 Å². The number of benzene rings is 2. The number of rotatable bonds is 3. The molecule has 0 aliphatic carbocycles. The molecule has 21 heavy (non-hydrogen) atoms. The van der Waals surface area contributed by atoms with E-state index in [4.69, 9.17) is 0 Å². The highest BCUT2D eigenvalue weighted by atomic mass is 16.1. The molecule has 0 radical (unpaired) electrons. The summed E-state index contributed by atoms with van der Waals surface area (Å²) in [6, 6.07) is 15.5. The third-order valence-electron chi connectivity index (χ3n) is 3.55. The zero-order chi connectivity index (χ0) is 14.7. The van der Waals surface area contributed by atoms with Crippen LogP contribution in [0, 0.1) is 0 Å². The molecule has 0 saturated heterocycles. The van der Waals surface area contributed by atoms with Gasteiger partial charge in [0.2, 0.25) is 0 Å². The van der Waals surface area contributed by atoms with E-state index in [1.165, 1.54) is 5.56 Å². The van der Waals surface area contributed by atoms with Crippen molar-refractivity contribution in [2.75, 3.05) is 5.32 Å². The van der Waals surface area contributed by atoms with Gasteiger partial charge in [0.1, 0.15) is 0 Å². The molecule has 0 fully saturated rings. The number of aromatic nitrogens is 1. The maximum Gasteiger partial charge on any atom is 0.256 e. The number of nitrogens with zero attached hydrogens (tertiary/aromatic N) is 1. The average Bonchev–Trinajstić information content (AvgIpc) is 2.55. The minimum absolute atomic E-state index is 0.113. The number of hydrogen-bond acceptors (Lipinski definition) is 2. The number of nitrogens with one attached hydrogen (secondary N) is 1. The van der Waals surface area contributed by atoms with Gasteiger partial charge >= 0.3 is 0 Å². The first-order chi connectivity index (χ1) is 10.3. The van der Waals surface area contributed by atoms with Crippen LogP contribution in [0.5, 0.6) is 0 Å². The number of amides is 1. The minimum Gasteiger partial charge on any atom is -0.322 e. The van der Waals surface area contributed by atoms with Crippen LogP contribution in [0.2, 0.25) is 0 Å². The molecule has 0 unspecified atom stereocenters. The van der Waals surface area contributed by atoms with Gasteiger partial charge in [-0.2, -0.15) is 0 Å². The highest BCUT2D eigenvalue weighted by Crippen LogP contribution is 2.19. The lowest BCUT2D eigenvalue weighted by Crippen LogP contribution is -2.12. The summed E-state index contributed by atoms with van der Waals surface area (Å²) in [5.41, 5.74) is 2.70. The number of hydrogen-bond donors (Lipinski definition) is 1. The Balaban J connectivity index is 1.90. The molecule has 1 heterocycles. The molecule has 0 atom stereocenters. The fraction of sp³-hybridized carbons (Fsp3) is 0.111. The second-order valence-electron chi connectivity index (χ2n) is 4.91. The minimum atomic E-state index is -0.113. The second-order valence-corrected chi connectivity index (χ2v) is 4.91. The van der Waals surface area contributed by atoms with E-state index in [1.807, 2.05) is 48.5 Å². The predicted octanol–water partition coefficient (Wildman–Crippen LogP) is 4.05. The maximum atomic E-state index is 12.4. The number of fused-ring (bicyclic) bond motifs is 1. The lowest BCUT2D eigenvalue weighted by Gasteiger charge is -2.08. The van der Waals surface area contributed by atoms with Gasteiger partial charge in [-0.3, -0.25) is 9.78 Å². The van der Waals surface area contributed by atoms with E-state index >= 15 is 0 Å². The van der Waals surface area contributed by atoms with Crippen LogP contribution in [0.4, 0.5) is 5.69 Å². The van der Waals surface area contributed by atoms with Crippen LogP contribution >= 0.6 is 0 Å². The van der Waals surface area contributed by atoms with Crippen molar-refractivity contribution < 1.29 is 4.79 Å². The maximum absolute atomic E-state index is 12.4. The molecule has 0 aliphatic heterocycles. The Morgan fingerprint density at radius 3 is 2.67 bits per heavy atom. The molecule has 3 rings (SSSR count). The van der Waals surface area contributed by atoms with E-state index in [9.17, 15) is 4.79 Å². The Labute approximate surface area is 123 Å². The SMILES string of the molecule is CCc1ccc(NC(=O)c2cccc3ccncc23)cc1. The number of carbonyl (C=O) groups is 1. The molecule has 3 heteroatoms. The van der Waals surface area contributed by atoms with Crippen LogP contribution in [0.3, 0.4) is 0 Å². The highest BCUT2D eigenvalue weighted by Gasteiger charge is 2.10. The van der Waals surface area contributed by atoms with Crippen molar-refractivity contribution in [3.8, 4) is 0 Å². The van der Waals surface area contributed by atoms with Crippen molar-refractivity contribution in [1.82, 2.24) is 4.98 Å². The number of carbonyl (C=O) groups excluding carboxylic acids is 1. The Morgan fingerprint density at radius 1 is 1.10 bits per heavy atom. The monoisotopic (exact) mass is 276 g/mol. The van der Waals surface area contributed by atoms with E-state index in [0.717, 1.165) is 22.9 Å². The van der Waals surface area contributed by atoms with Crippen molar-refractivity contribution in [2.45, 2.75) is 13.3 Å². The van der Waals surface area contributed by atoms with Crippen LogP contribution < -0.4 is 5.32 Å². The molecule has 2 aromatic carbocycles. The summed E-state index contributed by atoms with van der Waals surface area (Å²) in [5, 5.41) is 4.81. The quantitative estimate of drug-likeness (QED) is 0.784. The molecular formula is C18H16N2O. The molecule has 1 N–H and O–H groups in total. The Hall–Kier alpha value is -2.68. The Kier molecular flexibility index (Phi) is 3.65. The molecule has 1 amide bonds. The number of pyridine rings is 1. The van der Waals surface area contributed by atoms with Gasteiger partial charge in [-0.1, -0.05) is 31.2 Å². The standard InChI is InChI=1S/C18H16N2O/c1-2-13-6-8-15(9-7-13)20-18(21)16-5-3-4-14-10-11-19-12-17(14)16/h3-12H,2H2,1H3,(H,20,21). The molecule has 0 aliphatic rings. The van der Waals surface area contributed by atoms with Crippen LogP contribution in [-0.4, -0.2) is 10.9 Å². The zero-order valence-electron chi connectivity index (χ0n) is 11.8. The van der Waals surface area contributed by atoms with Gasteiger partial charge in [-0.15, -0.1) is 0 Å². The van der Waals surface area contributed by atoms with Gasteiger partial charge < -0.3 is 5.32 Å². The first-order valence-electron chi connectivity index (χ1n) is 7.01. The van der Waals surface area contributed by atoms with E-state index in [-0.39, 0.29) is 5.91 Å². The predicted molar refractivity (Wildman–Crippen MR) is 85.5 cm³/mol. The third kappa shape index (κ3) is 2.77. The van der Waals surface area contributed by atoms with E-state index in [0.29, 0.717) is 5.56 Å². The number of anilines is 1. The molecular weight excluding hydrogens is 260 g/mol. The third-order valence-corrected chi connectivity index (χ3v) is 3.55. The lowest BCUT2D eigenvalue weighted by atomic mass is 10.1.